The summed E-state index contributed by atoms with van der Waals surface area (Å²) in [4.78, 5) is 25.1. The Balaban J connectivity index is 1.89. The first-order valence-corrected chi connectivity index (χ1v) is 10.2. The Kier molecular flexibility index (Phi) is 5.68. The number of esters is 1. The number of para-hydroxylation sites is 1. The van der Waals surface area contributed by atoms with Gasteiger partial charge in [-0.2, -0.15) is 5.10 Å². The molecule has 1 aliphatic heterocycles. The van der Waals surface area contributed by atoms with Crippen molar-refractivity contribution in [2.45, 2.75) is 33.0 Å². The van der Waals surface area contributed by atoms with Gasteiger partial charge in [-0.25, -0.2) is 14.3 Å². The average Bonchev–Trinajstić information content (AvgIpc) is 3.19. The van der Waals surface area contributed by atoms with Crippen LogP contribution in [0.5, 0.6) is 5.75 Å². The number of hydrogen-bond donors (Lipinski definition) is 2. The van der Waals surface area contributed by atoms with Gasteiger partial charge in [0.25, 0.3) is 0 Å². The number of carbonyl (C=O) groups excluding carboxylic acids is 2. The highest BCUT2D eigenvalue weighted by molar-refractivity contribution is 5.94. The summed E-state index contributed by atoms with van der Waals surface area (Å²) in [5.41, 5.74) is 3.08. The molecule has 0 saturated heterocycles. The summed E-state index contributed by atoms with van der Waals surface area (Å²) in [5.74, 6) is -0.463. The number of benzene rings is 2. The lowest BCUT2D eigenvalue weighted by atomic mass is 9.96. The van der Waals surface area contributed by atoms with Gasteiger partial charge in [-0.05, 0) is 57.2 Å². The van der Waals surface area contributed by atoms with Crippen LogP contribution in [0.25, 0.3) is 16.9 Å². The van der Waals surface area contributed by atoms with Crippen LogP contribution < -0.4 is 5.32 Å². The van der Waals surface area contributed by atoms with Gasteiger partial charge < -0.3 is 14.6 Å². The number of cyclic esters (lactones) is 1. The van der Waals surface area contributed by atoms with E-state index in [1.54, 1.807) is 55.9 Å². The highest BCUT2D eigenvalue weighted by Gasteiger charge is 2.37. The molecule has 2 N–H and O–H groups in total. The minimum Gasteiger partial charge on any atom is -0.508 e. The molecule has 8 heteroatoms. The van der Waals surface area contributed by atoms with Gasteiger partial charge in [-0.3, -0.25) is 5.32 Å². The average molecular weight is 433 g/mol. The maximum atomic E-state index is 12.9. The van der Waals surface area contributed by atoms with Crippen molar-refractivity contribution in [2.24, 2.45) is 0 Å². The molecule has 1 unspecified atom stereocenters. The van der Waals surface area contributed by atoms with E-state index < -0.39 is 18.2 Å². The lowest BCUT2D eigenvalue weighted by Gasteiger charge is -2.27. The van der Waals surface area contributed by atoms with E-state index in [1.807, 2.05) is 30.3 Å². The maximum Gasteiger partial charge on any atom is 0.412 e. The molecular weight excluding hydrogens is 410 g/mol. The van der Waals surface area contributed by atoms with Gasteiger partial charge in [0.2, 0.25) is 0 Å². The Morgan fingerprint density at radius 1 is 1.16 bits per heavy atom. The van der Waals surface area contributed by atoms with E-state index in [2.05, 4.69) is 5.32 Å². The van der Waals surface area contributed by atoms with Gasteiger partial charge in [0.15, 0.2) is 6.10 Å². The normalized spacial score (nSPS) is 16.0. The van der Waals surface area contributed by atoms with Gasteiger partial charge in [0.1, 0.15) is 17.0 Å². The molecule has 0 fully saturated rings. The van der Waals surface area contributed by atoms with Crippen molar-refractivity contribution in [3.63, 3.8) is 0 Å². The largest absolute Gasteiger partial charge is 0.508 e. The zero-order valence-electron chi connectivity index (χ0n) is 17.9. The number of ether oxygens (including phenoxy) is 2. The van der Waals surface area contributed by atoms with Gasteiger partial charge in [-0.1, -0.05) is 18.2 Å². The monoisotopic (exact) mass is 433 g/mol. The van der Waals surface area contributed by atoms with Gasteiger partial charge >= 0.3 is 12.1 Å². The Labute approximate surface area is 185 Å². The molecule has 2 aromatic carbocycles. The predicted octanol–water partition coefficient (Wildman–Crippen LogP) is 4.25. The van der Waals surface area contributed by atoms with E-state index in [1.165, 1.54) is 0 Å². The van der Waals surface area contributed by atoms with Gasteiger partial charge in [0, 0.05) is 23.0 Å². The number of rotatable bonds is 5. The van der Waals surface area contributed by atoms with Gasteiger partial charge in [0.05, 0.1) is 11.8 Å². The third kappa shape index (κ3) is 4.20. The Hall–Kier alpha value is -4.07. The molecule has 0 aliphatic carbocycles. The van der Waals surface area contributed by atoms with Crippen molar-refractivity contribution < 1.29 is 24.2 Å². The summed E-state index contributed by atoms with van der Waals surface area (Å²) in [7, 11) is 0. The van der Waals surface area contributed by atoms with Crippen LogP contribution in [0.15, 0.2) is 72.1 Å². The first-order valence-electron chi connectivity index (χ1n) is 10.2. The number of aromatic hydroxyl groups is 1. The van der Waals surface area contributed by atoms with E-state index in [9.17, 15) is 14.7 Å². The molecule has 32 heavy (non-hydrogen) atoms. The van der Waals surface area contributed by atoms with E-state index in [4.69, 9.17) is 14.6 Å². The van der Waals surface area contributed by atoms with Crippen molar-refractivity contribution in [2.75, 3.05) is 0 Å². The summed E-state index contributed by atoms with van der Waals surface area (Å²) in [6.07, 6.45) is -0.296. The molecule has 0 radical (unpaired) electrons. The van der Waals surface area contributed by atoms with E-state index in [0.717, 1.165) is 5.69 Å². The van der Waals surface area contributed by atoms with E-state index in [0.29, 0.717) is 22.5 Å². The molecule has 1 aromatic heterocycles. The van der Waals surface area contributed by atoms with Crippen LogP contribution in [0.4, 0.5) is 4.79 Å². The molecular formula is C24H23N3O5. The van der Waals surface area contributed by atoms with Crippen molar-refractivity contribution in [3.05, 3.63) is 77.6 Å². The molecule has 4 rings (SSSR count). The maximum absolute atomic E-state index is 12.9. The molecule has 3 aromatic rings. The fourth-order valence-electron chi connectivity index (χ4n) is 3.50. The minimum absolute atomic E-state index is 0.114. The summed E-state index contributed by atoms with van der Waals surface area (Å²) in [6.45, 7) is 5.13. The van der Waals surface area contributed by atoms with E-state index in [-0.39, 0.29) is 17.4 Å². The SMILES string of the molecule is CC1=C(C(=O)OC(C)C)C(c2cn(-c3ccccc3)nc2-c2ccc(O)cc2)OC(=O)N1. The zero-order chi connectivity index (χ0) is 22.8. The Morgan fingerprint density at radius 2 is 1.84 bits per heavy atom. The zero-order valence-corrected chi connectivity index (χ0v) is 17.9. The standard InChI is InChI=1S/C24H23N3O5/c1-14(2)31-23(29)20-15(3)25-24(30)32-22(20)19-13-27(17-7-5-4-6-8-17)26-21(19)16-9-11-18(28)12-10-16/h4-14,22,28H,1-3H3,(H,25,30). The van der Waals surface area contributed by atoms with Crippen LogP contribution in [0.1, 0.15) is 32.4 Å². The van der Waals surface area contributed by atoms with Crippen molar-refractivity contribution in [1.29, 1.82) is 0 Å². The number of amides is 1. The van der Waals surface area contributed by atoms with Crippen molar-refractivity contribution >= 4 is 12.1 Å². The lowest BCUT2D eigenvalue weighted by Crippen LogP contribution is -2.36. The Morgan fingerprint density at radius 3 is 2.50 bits per heavy atom. The first kappa shape index (κ1) is 21.2. The molecule has 1 atom stereocenters. The van der Waals surface area contributed by atoms with Crippen LogP contribution in [-0.4, -0.2) is 33.1 Å². The second kappa shape index (κ2) is 8.58. The number of carbonyl (C=O) groups is 2. The molecule has 1 amide bonds. The fourth-order valence-corrected chi connectivity index (χ4v) is 3.50. The fraction of sp³-hybridized carbons (Fsp3) is 0.208. The van der Waals surface area contributed by atoms with Gasteiger partial charge in [-0.15, -0.1) is 0 Å². The van der Waals surface area contributed by atoms with Crippen LogP contribution in [0.3, 0.4) is 0 Å². The third-order valence-electron chi connectivity index (χ3n) is 4.93. The molecule has 0 spiro atoms. The highest BCUT2D eigenvalue weighted by Crippen LogP contribution is 2.38. The number of hydrogen-bond acceptors (Lipinski definition) is 6. The summed E-state index contributed by atoms with van der Waals surface area (Å²) < 4.78 is 12.7. The second-order valence-electron chi connectivity index (χ2n) is 7.66. The first-order chi connectivity index (χ1) is 15.3. The van der Waals surface area contributed by atoms with Crippen molar-refractivity contribution in [1.82, 2.24) is 15.1 Å². The molecule has 164 valence electrons. The highest BCUT2D eigenvalue weighted by atomic mass is 16.6. The van der Waals surface area contributed by atoms with E-state index >= 15 is 0 Å². The molecule has 1 aliphatic rings. The molecule has 8 nitrogen and oxygen atoms in total. The number of aromatic nitrogens is 2. The number of phenols is 1. The number of nitrogens with one attached hydrogen (secondary N) is 1. The third-order valence-corrected chi connectivity index (χ3v) is 4.93. The number of nitrogens with zero attached hydrogens (tertiary/aromatic N) is 2. The topological polar surface area (TPSA) is 103 Å². The lowest BCUT2D eigenvalue weighted by molar-refractivity contribution is -0.144. The van der Waals surface area contributed by atoms with Crippen LogP contribution >= 0.6 is 0 Å². The summed E-state index contributed by atoms with van der Waals surface area (Å²) >= 11 is 0. The second-order valence-corrected chi connectivity index (χ2v) is 7.66. The predicted molar refractivity (Wildman–Crippen MR) is 117 cm³/mol. The molecule has 0 bridgehead atoms. The number of phenolic OH excluding ortho intramolecular Hbond substituents is 1. The Bertz CT molecular complexity index is 1180. The van der Waals surface area contributed by atoms with Crippen molar-refractivity contribution in [3.8, 4) is 22.7 Å². The molecule has 2 heterocycles. The number of alkyl carbamates (subject to hydrolysis) is 1. The van der Waals surface area contributed by atoms with Crippen LogP contribution in [-0.2, 0) is 14.3 Å². The smallest absolute Gasteiger partial charge is 0.412 e. The summed E-state index contributed by atoms with van der Waals surface area (Å²) in [6, 6.07) is 16.0. The molecule has 0 saturated carbocycles. The van der Waals surface area contributed by atoms with Crippen LogP contribution in [0.2, 0.25) is 0 Å². The summed E-state index contributed by atoms with van der Waals surface area (Å²) in [5, 5.41) is 17.0. The number of allylic oxidation sites excluding steroid dienone is 1. The quantitative estimate of drug-likeness (QED) is 0.583. The minimum atomic E-state index is -1.02. The van der Waals surface area contributed by atoms with Crippen LogP contribution in [0, 0.1) is 0 Å².